The standard InChI is InChI=1S/C29H22F26N2.2CH4O3S/c30-18(31,20(34,35)22(38,39)24(42,43)26(46,47)28(50,51)52)10-14-56-12-3-1-6-16(56)8-5-9-17-7-2-4-13-57(17)15-11-19(32,33)21(36,37)23(40,41)25(44,45)27(48,49)29(53,54)55;2*1-5(2,3)4/h1-4,6-7,12-13H,5,8-11,14-15H2;2*1H3,(H,2,3,4)/q+2;;/p-2. The van der Waals surface area contributed by atoms with Crippen LogP contribution in [0.2, 0.25) is 0 Å². The van der Waals surface area contributed by atoms with Crippen LogP contribution in [0.1, 0.15) is 30.7 Å². The summed E-state index contributed by atoms with van der Waals surface area (Å²) in [6.07, 6.45) is -18.9. The normalized spacial score (nSPS) is 14.8. The molecular weight excluding hydrogens is 1050 g/mol. The first-order valence-electron chi connectivity index (χ1n) is 16.8. The van der Waals surface area contributed by atoms with Gasteiger partial charge in [0, 0.05) is 49.6 Å². The molecule has 0 amide bonds. The van der Waals surface area contributed by atoms with Gasteiger partial charge in [0.15, 0.2) is 36.9 Å². The Morgan fingerprint density at radius 1 is 0.403 bits per heavy atom. The van der Waals surface area contributed by atoms with E-state index in [4.69, 9.17) is 25.9 Å². The van der Waals surface area contributed by atoms with Gasteiger partial charge in [0.05, 0.1) is 33.1 Å². The highest BCUT2D eigenvalue weighted by atomic mass is 32.2. The summed E-state index contributed by atoms with van der Waals surface area (Å²) in [6, 6.07) is 6.17. The number of hydrogen-bond donors (Lipinski definition) is 0. The molecule has 2 rings (SSSR count). The van der Waals surface area contributed by atoms with Crippen LogP contribution >= 0.6 is 0 Å². The lowest BCUT2D eigenvalue weighted by molar-refractivity contribution is -0.708. The summed E-state index contributed by atoms with van der Waals surface area (Å²) in [6.45, 7) is -3.10. The van der Waals surface area contributed by atoms with Crippen LogP contribution in [0, 0.1) is 0 Å². The minimum absolute atomic E-state index is 0.246. The van der Waals surface area contributed by atoms with Crippen molar-refractivity contribution >= 4 is 20.2 Å². The SMILES string of the molecule is CS(=O)(=O)[O-].CS(=O)(=O)[O-].FC(F)(F)C(F)(F)C(F)(F)C(F)(F)C(F)(F)C(F)(F)CC[n+]1ccccc1CCCc1cccc[n+]1CCC(F)(F)C(F)(F)C(F)(F)C(F)(F)C(F)(F)C(F)(F)F. The molecule has 0 N–H and O–H groups in total. The van der Waals surface area contributed by atoms with E-state index in [1.807, 2.05) is 0 Å². The molecule has 0 saturated carbocycles. The summed E-state index contributed by atoms with van der Waals surface area (Å²) in [4.78, 5) is 0. The lowest BCUT2D eigenvalue weighted by Crippen LogP contribution is -2.70. The van der Waals surface area contributed by atoms with E-state index in [1.54, 1.807) is 0 Å². The highest BCUT2D eigenvalue weighted by Crippen LogP contribution is 2.62. The summed E-state index contributed by atoms with van der Waals surface area (Å²) in [5, 5.41) is 0. The lowest BCUT2D eigenvalue weighted by Gasteiger charge is -2.39. The van der Waals surface area contributed by atoms with Crippen molar-refractivity contribution in [3.05, 3.63) is 60.2 Å². The molecule has 0 spiro atoms. The van der Waals surface area contributed by atoms with Gasteiger partial charge in [-0.2, -0.15) is 114 Å². The van der Waals surface area contributed by atoms with Gasteiger partial charge in [-0.05, 0) is 6.42 Å². The molecule has 0 aliphatic carbocycles. The van der Waals surface area contributed by atoms with E-state index >= 15 is 0 Å². The first kappa shape index (κ1) is 63.3. The number of alkyl halides is 26. The van der Waals surface area contributed by atoms with Gasteiger partial charge in [-0.25, -0.2) is 26.0 Å². The highest BCUT2D eigenvalue weighted by molar-refractivity contribution is 7.85. The molecule has 0 saturated heterocycles. The van der Waals surface area contributed by atoms with Crippen molar-refractivity contribution in [1.82, 2.24) is 0 Å². The summed E-state index contributed by atoms with van der Waals surface area (Å²) in [7, 11) is -7.83. The predicted octanol–water partition coefficient (Wildman–Crippen LogP) is 9.02. The Bertz CT molecular complexity index is 2010. The second kappa shape index (κ2) is 20.3. The van der Waals surface area contributed by atoms with E-state index in [0.29, 0.717) is 21.6 Å². The average molecular weight is 1080 g/mol. The third kappa shape index (κ3) is 14.2. The molecule has 67 heavy (non-hydrogen) atoms. The minimum Gasteiger partial charge on any atom is -0.748 e. The van der Waals surface area contributed by atoms with Crippen molar-refractivity contribution < 1.29 is 149 Å². The van der Waals surface area contributed by atoms with E-state index in [2.05, 4.69) is 0 Å². The quantitative estimate of drug-likeness (QED) is 0.0835. The van der Waals surface area contributed by atoms with Crippen molar-refractivity contribution in [2.75, 3.05) is 12.5 Å². The topological polar surface area (TPSA) is 122 Å². The Labute approximate surface area is 359 Å². The van der Waals surface area contributed by atoms with Gasteiger partial charge in [0.25, 0.3) is 0 Å². The molecule has 0 bridgehead atoms. The Kier molecular flexibility index (Phi) is 19.2. The molecule has 0 atom stereocenters. The van der Waals surface area contributed by atoms with Gasteiger partial charge in [-0.3, -0.25) is 0 Å². The van der Waals surface area contributed by atoms with Gasteiger partial charge < -0.3 is 9.11 Å². The molecule has 0 radical (unpaired) electrons. The number of aromatic nitrogens is 2. The molecule has 0 unspecified atom stereocenters. The van der Waals surface area contributed by atoms with Crippen molar-refractivity contribution in [1.29, 1.82) is 0 Å². The molecule has 392 valence electrons. The largest absolute Gasteiger partial charge is 0.748 e. The summed E-state index contributed by atoms with van der Waals surface area (Å²) in [5.74, 6) is -76.1. The van der Waals surface area contributed by atoms with E-state index in [-0.39, 0.29) is 17.8 Å². The van der Waals surface area contributed by atoms with Crippen molar-refractivity contribution in [3.8, 4) is 0 Å². The number of aryl methyl sites for hydroxylation is 4. The van der Waals surface area contributed by atoms with Crippen LogP contribution in [0.3, 0.4) is 0 Å². The van der Waals surface area contributed by atoms with Crippen molar-refractivity contribution in [3.63, 3.8) is 0 Å². The number of rotatable bonds is 18. The van der Waals surface area contributed by atoms with Gasteiger partial charge in [0.2, 0.25) is 0 Å². The number of pyridine rings is 2. The molecule has 8 nitrogen and oxygen atoms in total. The van der Waals surface area contributed by atoms with E-state index in [1.165, 1.54) is 0 Å². The zero-order valence-electron chi connectivity index (χ0n) is 32.6. The van der Waals surface area contributed by atoms with Crippen LogP contribution in [-0.4, -0.2) is 110 Å². The second-order valence-electron chi connectivity index (χ2n) is 13.5. The van der Waals surface area contributed by atoms with Crippen LogP contribution in [0.4, 0.5) is 114 Å². The van der Waals surface area contributed by atoms with E-state index in [0.717, 1.165) is 48.8 Å². The van der Waals surface area contributed by atoms with Crippen LogP contribution < -0.4 is 9.13 Å². The number of halogens is 26. The molecule has 0 aliphatic heterocycles. The first-order valence-corrected chi connectivity index (χ1v) is 20.5. The molecular formula is C31H28F26N2O6S2. The van der Waals surface area contributed by atoms with E-state index < -0.39 is 131 Å². The predicted molar refractivity (Wildman–Crippen MR) is 167 cm³/mol. The maximum atomic E-state index is 14.3. The first-order chi connectivity index (χ1) is 29.1. The summed E-state index contributed by atoms with van der Waals surface area (Å²) >= 11 is 0. The Morgan fingerprint density at radius 2 is 0.627 bits per heavy atom. The molecule has 0 aromatic carbocycles. The van der Waals surface area contributed by atoms with Gasteiger partial charge in [-0.15, -0.1) is 0 Å². The third-order valence-corrected chi connectivity index (χ3v) is 8.27. The summed E-state index contributed by atoms with van der Waals surface area (Å²) < 4.78 is 405. The Hall–Kier alpha value is -3.70. The van der Waals surface area contributed by atoms with Gasteiger partial charge in [-0.1, -0.05) is 12.1 Å². The fourth-order valence-corrected chi connectivity index (χ4v) is 4.80. The third-order valence-electron chi connectivity index (χ3n) is 8.27. The second-order valence-corrected chi connectivity index (χ2v) is 16.3. The molecule has 0 fully saturated rings. The van der Waals surface area contributed by atoms with Gasteiger partial charge >= 0.3 is 71.6 Å². The van der Waals surface area contributed by atoms with Crippen LogP contribution in [0.5, 0.6) is 0 Å². The van der Waals surface area contributed by atoms with Gasteiger partial charge in [0.1, 0.15) is 0 Å². The van der Waals surface area contributed by atoms with E-state index in [9.17, 15) is 114 Å². The monoisotopic (exact) mass is 1080 g/mol. The fourth-order valence-electron chi connectivity index (χ4n) is 4.80. The summed E-state index contributed by atoms with van der Waals surface area (Å²) in [5.41, 5.74) is -0.491. The number of hydrogen-bond acceptors (Lipinski definition) is 6. The van der Waals surface area contributed by atoms with Crippen LogP contribution in [-0.2, 0) is 46.2 Å². The van der Waals surface area contributed by atoms with Crippen molar-refractivity contribution in [2.24, 2.45) is 0 Å². The van der Waals surface area contributed by atoms with Crippen molar-refractivity contribution in [2.45, 2.75) is 117 Å². The highest BCUT2D eigenvalue weighted by Gasteiger charge is 2.92. The zero-order valence-corrected chi connectivity index (χ0v) is 34.2. The molecule has 0 aliphatic rings. The average Bonchev–Trinajstić information content (AvgIpc) is 3.11. The maximum Gasteiger partial charge on any atom is 0.460 e. The molecule has 2 heterocycles. The smallest absolute Gasteiger partial charge is 0.460 e. The fraction of sp³-hybridized carbons (Fsp3) is 0.677. The Morgan fingerprint density at radius 3 is 0.851 bits per heavy atom. The molecule has 36 heteroatoms. The maximum absolute atomic E-state index is 14.3. The lowest BCUT2D eigenvalue weighted by atomic mass is 9.92. The molecule has 2 aromatic rings. The van der Waals surface area contributed by atoms with Crippen LogP contribution in [0.25, 0.3) is 0 Å². The minimum atomic E-state index is -8.12. The zero-order chi connectivity index (χ0) is 53.9. The number of nitrogens with zero attached hydrogens (tertiary/aromatic N) is 2. The Balaban J connectivity index is 0.00000391. The molecule has 2 aromatic heterocycles. The van der Waals surface area contributed by atoms with Crippen LogP contribution in [0.15, 0.2) is 48.8 Å².